The van der Waals surface area contributed by atoms with Crippen molar-refractivity contribution in [1.29, 1.82) is 0 Å². The number of nitrogens with zero attached hydrogens (tertiary/aromatic N) is 2. The van der Waals surface area contributed by atoms with Gasteiger partial charge in [-0.2, -0.15) is 0 Å². The van der Waals surface area contributed by atoms with Crippen LogP contribution in [0.1, 0.15) is 51.0 Å². The van der Waals surface area contributed by atoms with Gasteiger partial charge in [-0.3, -0.25) is 14.5 Å². The van der Waals surface area contributed by atoms with Crippen LogP contribution in [-0.2, 0) is 15.1 Å². The molecule has 2 fully saturated rings. The fraction of sp³-hybridized carbons (Fsp3) is 0.500. The molecule has 4 rings (SSSR count). The fourth-order valence-corrected chi connectivity index (χ4v) is 4.14. The molecular formula is C22H27N3O4. The van der Waals surface area contributed by atoms with Crippen LogP contribution < -0.4 is 10.1 Å². The number of benzene rings is 1. The molecule has 1 atom stereocenters. The number of amides is 4. The van der Waals surface area contributed by atoms with E-state index in [1.165, 1.54) is 0 Å². The molecule has 0 bridgehead atoms. The van der Waals surface area contributed by atoms with E-state index >= 15 is 0 Å². The Kier molecular flexibility index (Phi) is 5.06. The molecule has 1 saturated heterocycles. The number of carbonyl (C=O) groups excluding carboxylic acids is 3. The van der Waals surface area contributed by atoms with Gasteiger partial charge < -0.3 is 15.0 Å². The summed E-state index contributed by atoms with van der Waals surface area (Å²) < 4.78 is 5.16. The number of rotatable bonds is 6. The van der Waals surface area contributed by atoms with E-state index in [0.29, 0.717) is 11.3 Å². The van der Waals surface area contributed by atoms with E-state index in [-0.39, 0.29) is 18.5 Å². The van der Waals surface area contributed by atoms with Gasteiger partial charge in [0.1, 0.15) is 17.8 Å². The molecule has 1 aromatic carbocycles. The highest BCUT2D eigenvalue weighted by molar-refractivity contribution is 6.09. The van der Waals surface area contributed by atoms with Crippen LogP contribution in [0.25, 0.3) is 0 Å². The Labute approximate surface area is 170 Å². The quantitative estimate of drug-likeness (QED) is 0.749. The van der Waals surface area contributed by atoms with Gasteiger partial charge in [-0.15, -0.1) is 0 Å². The van der Waals surface area contributed by atoms with Gasteiger partial charge in [0.15, 0.2) is 0 Å². The summed E-state index contributed by atoms with van der Waals surface area (Å²) in [4.78, 5) is 41.7. The Hall–Kier alpha value is -2.83. The van der Waals surface area contributed by atoms with E-state index in [9.17, 15) is 14.4 Å². The molecule has 1 heterocycles. The average molecular weight is 397 g/mol. The lowest BCUT2D eigenvalue weighted by atomic mass is 9.92. The fourth-order valence-electron chi connectivity index (χ4n) is 4.14. The molecule has 0 radical (unpaired) electrons. The van der Waals surface area contributed by atoms with E-state index in [1.54, 1.807) is 38.3 Å². The van der Waals surface area contributed by atoms with Gasteiger partial charge in [-0.1, -0.05) is 18.2 Å². The maximum absolute atomic E-state index is 13.1. The van der Waals surface area contributed by atoms with Gasteiger partial charge in [0.2, 0.25) is 5.91 Å². The van der Waals surface area contributed by atoms with Crippen molar-refractivity contribution in [3.8, 4) is 5.75 Å². The van der Waals surface area contributed by atoms with Gasteiger partial charge in [-0.05, 0) is 63.1 Å². The van der Waals surface area contributed by atoms with Crippen LogP contribution in [-0.4, -0.2) is 47.3 Å². The summed E-state index contributed by atoms with van der Waals surface area (Å²) in [7, 11) is 1.57. The predicted molar refractivity (Wildman–Crippen MR) is 107 cm³/mol. The Morgan fingerprint density at radius 1 is 1.24 bits per heavy atom. The zero-order valence-electron chi connectivity index (χ0n) is 16.9. The summed E-state index contributed by atoms with van der Waals surface area (Å²) in [5.41, 5.74) is 0.507. The second-order valence-corrected chi connectivity index (χ2v) is 8.11. The van der Waals surface area contributed by atoms with Crippen molar-refractivity contribution in [3.63, 3.8) is 0 Å². The Morgan fingerprint density at radius 2 is 1.97 bits per heavy atom. The topological polar surface area (TPSA) is 79.0 Å². The van der Waals surface area contributed by atoms with Crippen LogP contribution in [0.3, 0.4) is 0 Å². The van der Waals surface area contributed by atoms with Crippen molar-refractivity contribution in [2.75, 3.05) is 13.7 Å². The van der Waals surface area contributed by atoms with Crippen molar-refractivity contribution in [2.45, 2.75) is 57.0 Å². The molecule has 7 nitrogen and oxygen atoms in total. The van der Waals surface area contributed by atoms with Gasteiger partial charge in [0.25, 0.3) is 5.91 Å². The molecule has 2 aliphatic carbocycles. The Balaban J connectivity index is 1.52. The number of imide groups is 1. The summed E-state index contributed by atoms with van der Waals surface area (Å²) in [5, 5.41) is 2.76. The molecule has 4 amide bonds. The number of urea groups is 1. The minimum Gasteiger partial charge on any atom is -0.497 e. The highest BCUT2D eigenvalue weighted by Crippen LogP contribution is 2.35. The molecule has 1 aliphatic heterocycles. The first-order valence-electron chi connectivity index (χ1n) is 10.2. The lowest BCUT2D eigenvalue weighted by Gasteiger charge is -2.29. The Morgan fingerprint density at radius 3 is 2.55 bits per heavy atom. The summed E-state index contributed by atoms with van der Waals surface area (Å²) in [5.74, 6) is 0.0829. The molecule has 1 N–H and O–H groups in total. The van der Waals surface area contributed by atoms with E-state index in [0.717, 1.165) is 49.1 Å². The molecular weight excluding hydrogens is 370 g/mol. The zero-order valence-corrected chi connectivity index (χ0v) is 16.9. The first-order chi connectivity index (χ1) is 13.9. The number of allylic oxidation sites excluding steroid dienone is 2. The van der Waals surface area contributed by atoms with Crippen molar-refractivity contribution in [3.05, 3.63) is 41.6 Å². The highest BCUT2D eigenvalue weighted by Gasteiger charge is 2.50. The smallest absolute Gasteiger partial charge is 0.325 e. The van der Waals surface area contributed by atoms with Crippen LogP contribution in [0, 0.1) is 0 Å². The Bertz CT molecular complexity index is 859. The molecule has 29 heavy (non-hydrogen) atoms. The molecule has 1 aromatic rings. The third kappa shape index (κ3) is 3.61. The third-order valence-electron chi connectivity index (χ3n) is 5.99. The molecule has 0 spiro atoms. The van der Waals surface area contributed by atoms with Crippen molar-refractivity contribution >= 4 is 17.8 Å². The summed E-state index contributed by atoms with van der Waals surface area (Å²) in [6, 6.07) is 6.68. The first kappa shape index (κ1) is 19.5. The van der Waals surface area contributed by atoms with Gasteiger partial charge in [0.05, 0.1) is 7.11 Å². The number of hydrogen-bond acceptors (Lipinski definition) is 4. The maximum atomic E-state index is 13.1. The van der Waals surface area contributed by atoms with E-state index in [2.05, 4.69) is 11.4 Å². The summed E-state index contributed by atoms with van der Waals surface area (Å²) >= 11 is 0. The minimum absolute atomic E-state index is 0.178. The standard InChI is InChI=1S/C22H27N3O4/c1-22(15-8-12-18(29-2)13-9-15)20(27)24(21(28)23-22)14-19(26)25(17-10-11-17)16-6-4-3-5-7-16/h6,8-9,12-13,17H,3-5,7,10-11,14H2,1-2H3,(H,23,28)/t22-/m0/s1. The normalized spacial score (nSPS) is 24.2. The lowest BCUT2D eigenvalue weighted by molar-refractivity contribution is -0.138. The van der Waals surface area contributed by atoms with Gasteiger partial charge in [-0.25, -0.2) is 4.79 Å². The number of hydrogen-bond donors (Lipinski definition) is 1. The molecule has 0 unspecified atom stereocenters. The molecule has 154 valence electrons. The van der Waals surface area contributed by atoms with Crippen molar-refractivity contribution in [2.24, 2.45) is 0 Å². The van der Waals surface area contributed by atoms with Gasteiger partial charge in [0, 0.05) is 11.7 Å². The molecule has 1 saturated carbocycles. The average Bonchev–Trinajstić information content (AvgIpc) is 3.54. The van der Waals surface area contributed by atoms with Crippen LogP contribution in [0.4, 0.5) is 4.79 Å². The van der Waals surface area contributed by atoms with E-state index < -0.39 is 17.5 Å². The number of methoxy groups -OCH3 is 1. The summed E-state index contributed by atoms with van der Waals surface area (Å²) in [6.45, 7) is 1.44. The van der Waals surface area contributed by atoms with Crippen molar-refractivity contribution < 1.29 is 19.1 Å². The number of carbonyl (C=O) groups is 3. The number of ether oxygens (including phenoxy) is 1. The molecule has 7 heteroatoms. The SMILES string of the molecule is COc1ccc([C@]2(C)NC(=O)N(CC(=O)N(C3=CCCCC3)C3CC3)C2=O)cc1. The van der Waals surface area contributed by atoms with E-state index in [1.807, 2.05) is 4.90 Å². The highest BCUT2D eigenvalue weighted by atomic mass is 16.5. The van der Waals surface area contributed by atoms with Crippen LogP contribution in [0.15, 0.2) is 36.0 Å². The monoisotopic (exact) mass is 397 g/mol. The summed E-state index contributed by atoms with van der Waals surface area (Å²) in [6.07, 6.45) is 8.16. The number of nitrogens with one attached hydrogen (secondary N) is 1. The van der Waals surface area contributed by atoms with Crippen LogP contribution in [0.5, 0.6) is 5.75 Å². The van der Waals surface area contributed by atoms with Crippen LogP contribution in [0.2, 0.25) is 0 Å². The van der Waals surface area contributed by atoms with Crippen LogP contribution >= 0.6 is 0 Å². The van der Waals surface area contributed by atoms with Gasteiger partial charge >= 0.3 is 6.03 Å². The molecule has 0 aromatic heterocycles. The molecule has 3 aliphatic rings. The lowest BCUT2D eigenvalue weighted by Crippen LogP contribution is -2.45. The first-order valence-corrected chi connectivity index (χ1v) is 10.2. The largest absolute Gasteiger partial charge is 0.497 e. The van der Waals surface area contributed by atoms with E-state index in [4.69, 9.17) is 4.74 Å². The zero-order chi connectivity index (χ0) is 20.6. The minimum atomic E-state index is -1.20. The third-order valence-corrected chi connectivity index (χ3v) is 5.99. The van der Waals surface area contributed by atoms with Crippen molar-refractivity contribution in [1.82, 2.24) is 15.1 Å². The maximum Gasteiger partial charge on any atom is 0.325 e. The second kappa shape index (κ2) is 7.54. The predicted octanol–water partition coefficient (Wildman–Crippen LogP) is 2.91. The second-order valence-electron chi connectivity index (χ2n) is 8.11.